The molecule has 0 unspecified atom stereocenters. The Balaban J connectivity index is 2.95. The van der Waals surface area contributed by atoms with Gasteiger partial charge in [-0.3, -0.25) is 0 Å². The molecule has 0 aliphatic rings. The van der Waals surface area contributed by atoms with E-state index in [-0.39, 0.29) is 0 Å². The van der Waals surface area contributed by atoms with Crippen LogP contribution in [0.1, 0.15) is 12.8 Å². The van der Waals surface area contributed by atoms with Crippen molar-refractivity contribution in [3.63, 3.8) is 0 Å². The van der Waals surface area contributed by atoms with Crippen molar-refractivity contribution in [3.8, 4) is 0 Å². The van der Waals surface area contributed by atoms with Gasteiger partial charge in [-0.1, -0.05) is 0 Å². The predicted molar refractivity (Wildman–Crippen MR) is 50.3 cm³/mol. The molecule has 0 saturated carbocycles. The van der Waals surface area contributed by atoms with E-state index in [4.69, 9.17) is 9.47 Å². The van der Waals surface area contributed by atoms with Gasteiger partial charge in [0, 0.05) is 13.7 Å². The van der Waals surface area contributed by atoms with Gasteiger partial charge in [0.25, 0.3) is 0 Å². The summed E-state index contributed by atoms with van der Waals surface area (Å²) in [5.74, 6) is 0. The number of carbonyl (C=O) groups excluding carboxylic acids is 1. The minimum atomic E-state index is -0.634. The Kier molecular flexibility index (Phi) is 9.68. The molecule has 0 aromatic rings. The quantitative estimate of drug-likeness (QED) is 0.441. The third-order valence-electron chi connectivity index (χ3n) is 1.50. The van der Waals surface area contributed by atoms with E-state index in [0.717, 1.165) is 12.8 Å². The highest BCUT2D eigenvalue weighted by atomic mass is 16.7. The van der Waals surface area contributed by atoms with Crippen LogP contribution in [0, 0.1) is 0 Å². The summed E-state index contributed by atoms with van der Waals surface area (Å²) in [6, 6.07) is 0. The first kappa shape index (κ1) is 13.2. The van der Waals surface area contributed by atoms with Crippen LogP contribution in [0.3, 0.4) is 0 Å². The molecular formula is C9H18O5. The summed E-state index contributed by atoms with van der Waals surface area (Å²) in [5, 5.41) is 0. The number of unbranched alkanes of at least 4 members (excludes halogenated alkanes) is 1. The number of hydrogen-bond donors (Lipinski definition) is 0. The van der Waals surface area contributed by atoms with Crippen molar-refractivity contribution in [2.45, 2.75) is 12.8 Å². The third kappa shape index (κ3) is 9.28. The van der Waals surface area contributed by atoms with Gasteiger partial charge in [0.05, 0.1) is 26.9 Å². The third-order valence-corrected chi connectivity index (χ3v) is 1.50. The summed E-state index contributed by atoms with van der Waals surface area (Å²) >= 11 is 0. The van der Waals surface area contributed by atoms with E-state index in [9.17, 15) is 4.79 Å². The molecule has 5 nitrogen and oxygen atoms in total. The van der Waals surface area contributed by atoms with Gasteiger partial charge in [-0.05, 0) is 12.8 Å². The first-order valence-electron chi connectivity index (χ1n) is 4.58. The number of methoxy groups -OCH3 is 2. The summed E-state index contributed by atoms with van der Waals surface area (Å²) in [5.41, 5.74) is 0. The summed E-state index contributed by atoms with van der Waals surface area (Å²) in [6.07, 6.45) is 1.01. The fraction of sp³-hybridized carbons (Fsp3) is 0.889. The van der Waals surface area contributed by atoms with Gasteiger partial charge < -0.3 is 18.9 Å². The lowest BCUT2D eigenvalue weighted by Crippen LogP contribution is -2.07. The molecule has 0 aliphatic heterocycles. The minimum absolute atomic E-state index is 0.375. The SMILES string of the molecule is COCCOCCCCOC(=O)OC. The Morgan fingerprint density at radius 1 is 1.00 bits per heavy atom. The van der Waals surface area contributed by atoms with Crippen LogP contribution in [0.15, 0.2) is 0 Å². The molecule has 0 radical (unpaired) electrons. The van der Waals surface area contributed by atoms with Crippen molar-refractivity contribution in [2.75, 3.05) is 40.6 Å². The molecule has 0 aliphatic carbocycles. The average Bonchev–Trinajstić information content (AvgIpc) is 2.21. The highest BCUT2D eigenvalue weighted by Gasteiger charge is 1.98. The van der Waals surface area contributed by atoms with Gasteiger partial charge in [-0.15, -0.1) is 0 Å². The second-order valence-electron chi connectivity index (χ2n) is 2.61. The van der Waals surface area contributed by atoms with Crippen LogP contribution in [-0.4, -0.2) is 46.8 Å². The molecule has 14 heavy (non-hydrogen) atoms. The Hall–Kier alpha value is -0.810. The lowest BCUT2D eigenvalue weighted by molar-refractivity contribution is 0.0566. The van der Waals surface area contributed by atoms with Crippen molar-refractivity contribution in [1.82, 2.24) is 0 Å². The minimum Gasteiger partial charge on any atom is -0.438 e. The van der Waals surface area contributed by atoms with Crippen LogP contribution in [0.4, 0.5) is 4.79 Å². The standard InChI is InChI=1S/C9H18O5/c1-11-7-8-13-5-3-4-6-14-9(10)12-2/h3-8H2,1-2H3. The molecule has 0 amide bonds. The van der Waals surface area contributed by atoms with Gasteiger partial charge in [0.1, 0.15) is 0 Å². The van der Waals surface area contributed by atoms with Gasteiger partial charge >= 0.3 is 6.16 Å². The summed E-state index contributed by atoms with van der Waals surface area (Å²) < 4.78 is 19.0. The van der Waals surface area contributed by atoms with Crippen molar-refractivity contribution in [1.29, 1.82) is 0 Å². The maximum atomic E-state index is 10.5. The highest BCUT2D eigenvalue weighted by Crippen LogP contribution is 1.93. The molecule has 0 saturated heterocycles. The normalized spacial score (nSPS) is 9.86. The lowest BCUT2D eigenvalue weighted by atomic mass is 10.3. The van der Waals surface area contributed by atoms with E-state index >= 15 is 0 Å². The molecule has 0 aromatic carbocycles. The summed E-state index contributed by atoms with van der Waals surface area (Å²) in [4.78, 5) is 10.5. The Bertz CT molecular complexity index is 137. The average molecular weight is 206 g/mol. The molecule has 0 spiro atoms. The lowest BCUT2D eigenvalue weighted by Gasteiger charge is -2.04. The van der Waals surface area contributed by atoms with Crippen LogP contribution in [-0.2, 0) is 18.9 Å². The maximum Gasteiger partial charge on any atom is 0.507 e. The van der Waals surface area contributed by atoms with Crippen molar-refractivity contribution >= 4 is 6.16 Å². The molecule has 0 rings (SSSR count). The van der Waals surface area contributed by atoms with E-state index in [1.165, 1.54) is 7.11 Å². The van der Waals surface area contributed by atoms with E-state index in [1.807, 2.05) is 0 Å². The molecular weight excluding hydrogens is 188 g/mol. The zero-order valence-corrected chi connectivity index (χ0v) is 8.78. The highest BCUT2D eigenvalue weighted by molar-refractivity contribution is 5.59. The van der Waals surface area contributed by atoms with Crippen LogP contribution >= 0.6 is 0 Å². The van der Waals surface area contributed by atoms with Crippen LogP contribution in [0.2, 0.25) is 0 Å². The number of ether oxygens (including phenoxy) is 4. The first-order valence-corrected chi connectivity index (χ1v) is 4.58. The molecule has 0 atom stereocenters. The maximum absolute atomic E-state index is 10.5. The zero-order chi connectivity index (χ0) is 10.6. The molecule has 0 aromatic heterocycles. The Labute approximate surface area is 84.3 Å². The van der Waals surface area contributed by atoms with E-state index < -0.39 is 6.16 Å². The molecule has 84 valence electrons. The monoisotopic (exact) mass is 206 g/mol. The first-order chi connectivity index (χ1) is 6.81. The van der Waals surface area contributed by atoms with Crippen LogP contribution < -0.4 is 0 Å². The van der Waals surface area contributed by atoms with Crippen molar-refractivity contribution < 1.29 is 23.7 Å². The van der Waals surface area contributed by atoms with Crippen molar-refractivity contribution in [3.05, 3.63) is 0 Å². The summed E-state index contributed by atoms with van der Waals surface area (Å²) in [7, 11) is 2.92. The fourth-order valence-corrected chi connectivity index (χ4v) is 0.765. The van der Waals surface area contributed by atoms with Gasteiger partial charge in [0.15, 0.2) is 0 Å². The molecule has 5 heteroatoms. The largest absolute Gasteiger partial charge is 0.507 e. The molecule has 0 bridgehead atoms. The molecule has 0 heterocycles. The predicted octanol–water partition coefficient (Wildman–Crippen LogP) is 1.21. The summed E-state index contributed by atoms with van der Waals surface area (Å²) in [6.45, 7) is 2.25. The van der Waals surface area contributed by atoms with Gasteiger partial charge in [0.2, 0.25) is 0 Å². The smallest absolute Gasteiger partial charge is 0.438 e. The molecule has 0 fully saturated rings. The fourth-order valence-electron chi connectivity index (χ4n) is 0.765. The van der Waals surface area contributed by atoms with E-state index in [2.05, 4.69) is 9.47 Å². The van der Waals surface area contributed by atoms with Gasteiger partial charge in [-0.2, -0.15) is 0 Å². The van der Waals surface area contributed by atoms with Crippen LogP contribution in [0.25, 0.3) is 0 Å². The second-order valence-corrected chi connectivity index (χ2v) is 2.61. The second kappa shape index (κ2) is 10.3. The number of carbonyl (C=O) groups is 1. The van der Waals surface area contributed by atoms with Crippen molar-refractivity contribution in [2.24, 2.45) is 0 Å². The van der Waals surface area contributed by atoms with E-state index in [0.29, 0.717) is 26.4 Å². The Morgan fingerprint density at radius 3 is 2.36 bits per heavy atom. The van der Waals surface area contributed by atoms with E-state index in [1.54, 1.807) is 7.11 Å². The zero-order valence-electron chi connectivity index (χ0n) is 8.78. The Morgan fingerprint density at radius 2 is 1.71 bits per heavy atom. The molecule has 0 N–H and O–H groups in total. The topological polar surface area (TPSA) is 54.0 Å². The number of hydrogen-bond acceptors (Lipinski definition) is 5. The number of rotatable bonds is 8. The van der Waals surface area contributed by atoms with Crippen LogP contribution in [0.5, 0.6) is 0 Å². The van der Waals surface area contributed by atoms with Gasteiger partial charge in [-0.25, -0.2) is 4.79 Å².